The third-order valence-corrected chi connectivity index (χ3v) is 5.69. The van der Waals surface area contributed by atoms with E-state index in [1.807, 2.05) is 0 Å². The number of nitrogens with zero attached hydrogens (tertiary/aromatic N) is 2. The lowest BCUT2D eigenvalue weighted by molar-refractivity contribution is -0.152. The van der Waals surface area contributed by atoms with Gasteiger partial charge in [0, 0.05) is 30.3 Å². The zero-order valence-electron chi connectivity index (χ0n) is 15.9. The first kappa shape index (κ1) is 20.7. The molecule has 2 aromatic heterocycles. The van der Waals surface area contributed by atoms with Gasteiger partial charge in [0.25, 0.3) is 0 Å². The molecule has 2 fully saturated rings. The van der Waals surface area contributed by atoms with Crippen LogP contribution in [-0.4, -0.2) is 34.6 Å². The number of halogens is 4. The van der Waals surface area contributed by atoms with Gasteiger partial charge >= 0.3 is 6.18 Å². The minimum Gasteiger partial charge on any atom is -0.346 e. The third kappa shape index (κ3) is 4.45. The molecule has 160 valence electrons. The number of nitrogens with one attached hydrogen (secondary N) is 2. The maximum atomic E-state index is 13.5. The van der Waals surface area contributed by atoms with Gasteiger partial charge in [-0.15, -0.1) is 0 Å². The Morgan fingerprint density at radius 2 is 1.97 bits per heavy atom. The molecule has 1 saturated carbocycles. The van der Waals surface area contributed by atoms with Gasteiger partial charge in [0.1, 0.15) is 17.7 Å². The molecule has 0 unspecified atom stereocenters. The second-order valence-corrected chi connectivity index (χ2v) is 8.09. The molecule has 2 aliphatic rings. The van der Waals surface area contributed by atoms with E-state index in [1.165, 1.54) is 29.3 Å². The van der Waals surface area contributed by atoms with Crippen molar-refractivity contribution in [2.45, 2.75) is 44.3 Å². The Balaban J connectivity index is 1.69. The molecule has 0 aromatic carbocycles. The van der Waals surface area contributed by atoms with Crippen molar-refractivity contribution < 1.29 is 18.0 Å². The fraction of sp³-hybridized carbons (Fsp3) is 0.450. The van der Waals surface area contributed by atoms with Crippen molar-refractivity contribution in [2.24, 2.45) is 5.92 Å². The van der Waals surface area contributed by atoms with Gasteiger partial charge in [-0.05, 0) is 49.8 Å². The summed E-state index contributed by atoms with van der Waals surface area (Å²) in [5.41, 5.74) is 0.227. The number of hydrogen-bond acceptors (Lipinski definition) is 4. The zero-order valence-corrected chi connectivity index (χ0v) is 16.7. The van der Waals surface area contributed by atoms with Crippen molar-refractivity contribution >= 4 is 29.1 Å². The SMILES string of the molecule is O=C(Nc1cc(-c2cc(N3CCCC[C@@H]3C(F)(F)F)[nH]c(=O)c2)c(Cl)cn1)C1CC1. The minimum absolute atomic E-state index is 0.0181. The first-order valence-corrected chi connectivity index (χ1v) is 10.1. The van der Waals surface area contributed by atoms with Gasteiger partial charge in [-0.1, -0.05) is 11.6 Å². The third-order valence-electron chi connectivity index (χ3n) is 5.39. The molecule has 4 rings (SSSR count). The van der Waals surface area contributed by atoms with Crippen LogP contribution in [0.1, 0.15) is 32.1 Å². The molecule has 0 spiro atoms. The van der Waals surface area contributed by atoms with E-state index in [1.54, 1.807) is 0 Å². The number of rotatable bonds is 4. The molecule has 3 heterocycles. The van der Waals surface area contributed by atoms with Crippen molar-refractivity contribution in [1.29, 1.82) is 0 Å². The molecular weight excluding hydrogens is 421 g/mol. The fourth-order valence-corrected chi connectivity index (χ4v) is 3.91. The number of pyridine rings is 2. The highest BCUT2D eigenvalue weighted by molar-refractivity contribution is 6.33. The summed E-state index contributed by atoms with van der Waals surface area (Å²) in [7, 11) is 0. The van der Waals surface area contributed by atoms with Crippen LogP contribution < -0.4 is 15.8 Å². The van der Waals surface area contributed by atoms with Gasteiger partial charge in [0.05, 0.1) is 5.02 Å². The summed E-state index contributed by atoms with van der Waals surface area (Å²) in [5.74, 6) is 0.217. The average molecular weight is 441 g/mol. The lowest BCUT2D eigenvalue weighted by atomic mass is 10.0. The molecule has 2 aromatic rings. The van der Waals surface area contributed by atoms with E-state index < -0.39 is 17.8 Å². The summed E-state index contributed by atoms with van der Waals surface area (Å²) < 4.78 is 40.5. The topological polar surface area (TPSA) is 78.1 Å². The Bertz CT molecular complexity index is 1020. The Morgan fingerprint density at radius 3 is 2.67 bits per heavy atom. The monoisotopic (exact) mass is 440 g/mol. The van der Waals surface area contributed by atoms with Crippen LogP contribution in [0.25, 0.3) is 11.1 Å². The Labute approximate surface area is 175 Å². The molecule has 1 amide bonds. The van der Waals surface area contributed by atoms with Crippen molar-refractivity contribution in [3.63, 3.8) is 0 Å². The quantitative estimate of drug-likeness (QED) is 0.740. The summed E-state index contributed by atoms with van der Waals surface area (Å²) in [6.45, 7) is 0.191. The van der Waals surface area contributed by atoms with Crippen LogP contribution in [-0.2, 0) is 4.79 Å². The van der Waals surface area contributed by atoms with Crippen molar-refractivity contribution in [3.8, 4) is 11.1 Å². The number of carbonyl (C=O) groups is 1. The second-order valence-electron chi connectivity index (χ2n) is 7.68. The number of amides is 1. The fourth-order valence-electron chi connectivity index (χ4n) is 3.70. The standard InChI is InChI=1S/C20H20ClF3N4O2/c21-14-10-25-16(26-19(30)11-4-5-11)9-13(14)12-7-17(27-18(29)8-12)28-6-2-1-3-15(28)20(22,23)24/h7-11,15H,1-6H2,(H,27,29)(H,25,26,30)/t15-/m1/s1. The maximum absolute atomic E-state index is 13.5. The molecule has 0 radical (unpaired) electrons. The van der Waals surface area contributed by atoms with Gasteiger partial charge < -0.3 is 15.2 Å². The number of hydrogen-bond donors (Lipinski definition) is 2. The number of carbonyl (C=O) groups excluding carboxylic acids is 1. The van der Waals surface area contributed by atoms with E-state index >= 15 is 0 Å². The van der Waals surface area contributed by atoms with Crippen LogP contribution >= 0.6 is 11.6 Å². The van der Waals surface area contributed by atoms with E-state index in [0.717, 1.165) is 12.8 Å². The van der Waals surface area contributed by atoms with Gasteiger partial charge in [-0.3, -0.25) is 9.59 Å². The molecule has 1 aliphatic heterocycles. The summed E-state index contributed by atoms with van der Waals surface area (Å²) >= 11 is 6.25. The number of aromatic amines is 1. The number of aromatic nitrogens is 2. The largest absolute Gasteiger partial charge is 0.408 e. The molecule has 30 heavy (non-hydrogen) atoms. The Morgan fingerprint density at radius 1 is 1.20 bits per heavy atom. The van der Waals surface area contributed by atoms with E-state index in [4.69, 9.17) is 11.6 Å². The van der Waals surface area contributed by atoms with Crippen LogP contribution in [0.5, 0.6) is 0 Å². The highest BCUT2D eigenvalue weighted by Gasteiger charge is 2.45. The van der Waals surface area contributed by atoms with Crippen molar-refractivity contribution in [2.75, 3.05) is 16.8 Å². The average Bonchev–Trinajstić information content (AvgIpc) is 3.54. The highest BCUT2D eigenvalue weighted by atomic mass is 35.5. The van der Waals surface area contributed by atoms with Crippen LogP contribution in [0.2, 0.25) is 5.02 Å². The lowest BCUT2D eigenvalue weighted by Crippen LogP contribution is -2.49. The smallest absolute Gasteiger partial charge is 0.346 e. The molecule has 1 saturated heterocycles. The summed E-state index contributed by atoms with van der Waals surface area (Å²) in [6, 6.07) is 2.63. The second kappa shape index (κ2) is 7.94. The van der Waals surface area contributed by atoms with Gasteiger partial charge in [-0.2, -0.15) is 13.2 Å². The zero-order chi connectivity index (χ0) is 21.5. The normalized spacial score (nSPS) is 19.6. The van der Waals surface area contributed by atoms with Crippen LogP contribution in [0.4, 0.5) is 24.8 Å². The Kier molecular flexibility index (Phi) is 5.48. The first-order chi connectivity index (χ1) is 14.2. The number of anilines is 2. The molecule has 1 atom stereocenters. The predicted molar refractivity (Wildman–Crippen MR) is 108 cm³/mol. The van der Waals surface area contributed by atoms with Gasteiger partial charge in [0.2, 0.25) is 11.5 Å². The highest BCUT2D eigenvalue weighted by Crippen LogP contribution is 2.36. The molecular formula is C20H20ClF3N4O2. The molecule has 10 heteroatoms. The molecule has 2 N–H and O–H groups in total. The molecule has 0 bridgehead atoms. The molecule has 6 nitrogen and oxygen atoms in total. The number of alkyl halides is 3. The number of H-pyrrole nitrogens is 1. The lowest BCUT2D eigenvalue weighted by Gasteiger charge is -2.38. The summed E-state index contributed by atoms with van der Waals surface area (Å²) in [5, 5.41) is 2.93. The molecule has 1 aliphatic carbocycles. The first-order valence-electron chi connectivity index (χ1n) is 9.77. The van der Waals surface area contributed by atoms with Gasteiger partial charge in [0.15, 0.2) is 0 Å². The van der Waals surface area contributed by atoms with Crippen LogP contribution in [0.15, 0.2) is 29.2 Å². The van der Waals surface area contributed by atoms with Crippen molar-refractivity contribution in [3.05, 3.63) is 39.8 Å². The van der Waals surface area contributed by atoms with E-state index in [2.05, 4.69) is 15.3 Å². The maximum Gasteiger partial charge on any atom is 0.408 e. The van der Waals surface area contributed by atoms with Crippen molar-refractivity contribution in [1.82, 2.24) is 9.97 Å². The minimum atomic E-state index is -4.40. The van der Waals surface area contributed by atoms with Crippen LogP contribution in [0.3, 0.4) is 0 Å². The van der Waals surface area contributed by atoms with E-state index in [9.17, 15) is 22.8 Å². The summed E-state index contributed by atoms with van der Waals surface area (Å²) in [4.78, 5) is 32.1. The number of piperidine rings is 1. The predicted octanol–water partition coefficient (Wildman–Crippen LogP) is 4.36. The van der Waals surface area contributed by atoms with E-state index in [0.29, 0.717) is 24.0 Å². The van der Waals surface area contributed by atoms with Gasteiger partial charge in [-0.25, -0.2) is 4.98 Å². The van der Waals surface area contributed by atoms with Crippen LogP contribution in [0, 0.1) is 5.92 Å². The van der Waals surface area contributed by atoms with E-state index in [-0.39, 0.29) is 41.4 Å². The summed E-state index contributed by atoms with van der Waals surface area (Å²) in [6.07, 6.45) is -0.332. The Hall–Kier alpha value is -2.55.